The van der Waals surface area contributed by atoms with Gasteiger partial charge in [-0.05, 0) is 33.8 Å². The molecule has 4 rings (SSSR count). The number of hydrogen-bond acceptors (Lipinski definition) is 15. The quantitative estimate of drug-likeness (QED) is 0.143. The molecule has 24 heteroatoms. The van der Waals surface area contributed by atoms with Gasteiger partial charge in [-0.2, -0.15) is 8.62 Å². The molecule has 0 aliphatic carbocycles. The number of carbonyl (C=O) groups excluding carboxylic acids is 1. The number of aliphatic hydroxyl groups is 1. The molecular weight excluding hydrogens is 645 g/mol. The van der Waals surface area contributed by atoms with E-state index < -0.39 is 71.7 Å². The van der Waals surface area contributed by atoms with Crippen molar-refractivity contribution in [3.05, 3.63) is 24.3 Å². The third-order valence-corrected chi connectivity index (χ3v) is 10.2. The van der Waals surface area contributed by atoms with Gasteiger partial charge < -0.3 is 39.9 Å². The second-order valence-corrected chi connectivity index (χ2v) is 14.9. The molecule has 7 N–H and O–H groups in total. The summed E-state index contributed by atoms with van der Waals surface area (Å²) in [5.41, 5.74) is 3.58. The van der Waals surface area contributed by atoms with Gasteiger partial charge in [-0.15, -0.1) is 10.3 Å². The van der Waals surface area contributed by atoms with Crippen LogP contribution in [-0.2, 0) is 46.3 Å². The molecule has 2 unspecified atom stereocenters. The molecule has 2 aliphatic rings. The Morgan fingerprint density at radius 3 is 2.30 bits per heavy atom. The summed E-state index contributed by atoms with van der Waals surface area (Å²) in [6.07, 6.45) is -2.77. The summed E-state index contributed by atoms with van der Waals surface area (Å²) < 4.78 is 59.3. The molecule has 21 nitrogen and oxygen atoms in total. The highest BCUT2D eigenvalue weighted by Crippen LogP contribution is 2.66. The Kier molecular flexibility index (Phi) is 8.86. The van der Waals surface area contributed by atoms with Crippen LogP contribution in [-0.4, -0.2) is 91.2 Å². The Morgan fingerprint density at radius 1 is 1.07 bits per heavy atom. The standard InChI is InChI=1S/C19H28N6O15P3/c1-18(2)5-9(19(3,4)25(18)28)17(27)38-13-12(26)10(6-36-42(32,33)40-43(34,35)39-41(29,30)31)37-16(13)24-8-23-11-14(20)21-7-22-15(11)24/h5,7-8,10,12-13,16,26H,6H2,1-4H3,(H,32,33)(H,34,35)(H2,20,21,22)(H2,29,30,31)/t10-,12-,13-,16-/m1/s1. The van der Waals surface area contributed by atoms with Crippen molar-refractivity contribution >= 4 is 46.4 Å². The van der Waals surface area contributed by atoms with E-state index in [-0.39, 0.29) is 22.6 Å². The molecule has 0 spiro atoms. The summed E-state index contributed by atoms with van der Waals surface area (Å²) in [5, 5.41) is 24.6. The fourth-order valence-electron chi connectivity index (χ4n) is 4.65. The lowest BCUT2D eigenvalue weighted by Gasteiger charge is -2.33. The zero-order chi connectivity index (χ0) is 32.3. The Balaban J connectivity index is 1.61. The highest BCUT2D eigenvalue weighted by Gasteiger charge is 2.53. The van der Waals surface area contributed by atoms with Crippen molar-refractivity contribution in [3.63, 3.8) is 0 Å². The molecule has 1 fully saturated rings. The Labute approximate surface area is 242 Å². The number of nitrogens with two attached hydrogens (primary N) is 1. The lowest BCUT2D eigenvalue weighted by atomic mass is 9.96. The van der Waals surface area contributed by atoms with Crippen molar-refractivity contribution in [2.45, 2.75) is 63.3 Å². The molecule has 2 aromatic heterocycles. The molecule has 0 amide bonds. The van der Waals surface area contributed by atoms with Crippen LogP contribution in [0.3, 0.4) is 0 Å². The van der Waals surface area contributed by atoms with E-state index >= 15 is 0 Å². The number of nitrogens with zero attached hydrogens (tertiary/aromatic N) is 5. The van der Waals surface area contributed by atoms with Crippen LogP contribution in [0.1, 0.15) is 33.9 Å². The molecule has 2 aromatic rings. The number of anilines is 1. The summed E-state index contributed by atoms with van der Waals surface area (Å²) >= 11 is 0. The fourth-order valence-corrected chi connectivity index (χ4v) is 7.68. The minimum Gasteiger partial charge on any atom is -0.451 e. The van der Waals surface area contributed by atoms with Crippen molar-refractivity contribution in [1.82, 2.24) is 24.6 Å². The van der Waals surface area contributed by atoms with E-state index in [9.17, 15) is 38.6 Å². The topological polar surface area (TPSA) is 308 Å². The maximum atomic E-state index is 13.4. The molecular formula is C19H28N6O15P3. The molecule has 43 heavy (non-hydrogen) atoms. The number of carbonyl (C=O) groups is 1. The summed E-state index contributed by atoms with van der Waals surface area (Å²) in [5.74, 6) is -1.02. The van der Waals surface area contributed by atoms with Gasteiger partial charge in [-0.1, -0.05) is 0 Å². The van der Waals surface area contributed by atoms with Crippen LogP contribution >= 0.6 is 23.5 Å². The lowest BCUT2D eigenvalue weighted by Crippen LogP contribution is -2.48. The number of hydroxylamine groups is 2. The average molecular weight is 673 g/mol. The minimum absolute atomic E-state index is 0.0179. The van der Waals surface area contributed by atoms with Crippen LogP contribution in [0.5, 0.6) is 0 Å². The monoisotopic (exact) mass is 673 g/mol. The number of phosphoric ester groups is 1. The van der Waals surface area contributed by atoms with Crippen molar-refractivity contribution in [1.29, 1.82) is 0 Å². The fraction of sp³-hybridized carbons (Fsp3) is 0.579. The van der Waals surface area contributed by atoms with Gasteiger partial charge in [-0.3, -0.25) is 9.09 Å². The Morgan fingerprint density at radius 2 is 1.72 bits per heavy atom. The second kappa shape index (κ2) is 11.3. The molecule has 4 heterocycles. The average Bonchev–Trinajstić information content (AvgIpc) is 3.44. The molecule has 1 radical (unpaired) electrons. The van der Waals surface area contributed by atoms with E-state index in [4.69, 9.17) is 25.0 Å². The van der Waals surface area contributed by atoms with Gasteiger partial charge in [0.25, 0.3) is 0 Å². The minimum atomic E-state index is -5.82. The van der Waals surface area contributed by atoms with Gasteiger partial charge in [0.15, 0.2) is 23.8 Å². The molecule has 0 aromatic carbocycles. The van der Waals surface area contributed by atoms with Gasteiger partial charge in [-0.25, -0.2) is 33.4 Å². The van der Waals surface area contributed by atoms with Crippen LogP contribution in [0.2, 0.25) is 0 Å². The largest absolute Gasteiger partial charge is 0.490 e. The highest BCUT2D eigenvalue weighted by atomic mass is 31.3. The van der Waals surface area contributed by atoms with Crippen molar-refractivity contribution in [2.24, 2.45) is 0 Å². The number of fused-ring (bicyclic) bond motifs is 1. The predicted molar refractivity (Wildman–Crippen MR) is 138 cm³/mol. The number of rotatable bonds is 10. The van der Waals surface area contributed by atoms with Crippen molar-refractivity contribution in [2.75, 3.05) is 12.3 Å². The third kappa shape index (κ3) is 7.06. The van der Waals surface area contributed by atoms with E-state index in [0.29, 0.717) is 5.06 Å². The number of aliphatic hydroxyl groups excluding tert-OH is 1. The number of phosphoric acid groups is 3. The number of nitrogen functional groups attached to an aromatic ring is 1. The number of ether oxygens (including phenoxy) is 2. The van der Waals surface area contributed by atoms with E-state index in [2.05, 4.69) is 28.1 Å². The molecule has 0 saturated carbocycles. The summed E-state index contributed by atoms with van der Waals surface area (Å²) in [7, 11) is -17.0. The van der Waals surface area contributed by atoms with Crippen LogP contribution in [0, 0.1) is 0 Å². The van der Waals surface area contributed by atoms with E-state index in [1.165, 1.54) is 30.8 Å². The molecule has 239 valence electrons. The van der Waals surface area contributed by atoms with Crippen molar-refractivity contribution < 1.29 is 71.0 Å². The summed E-state index contributed by atoms with van der Waals surface area (Å²) in [6.45, 7) is 5.09. The maximum Gasteiger partial charge on any atom is 0.490 e. The lowest BCUT2D eigenvalue weighted by molar-refractivity contribution is -0.239. The third-order valence-electron chi connectivity index (χ3n) is 6.44. The zero-order valence-electron chi connectivity index (χ0n) is 22.7. The van der Waals surface area contributed by atoms with Crippen LogP contribution in [0.15, 0.2) is 24.3 Å². The maximum absolute atomic E-state index is 13.4. The Bertz CT molecular complexity index is 1590. The number of hydrogen-bond donors (Lipinski definition) is 6. The van der Waals surface area contributed by atoms with Gasteiger partial charge in [0, 0.05) is 0 Å². The van der Waals surface area contributed by atoms with Crippen LogP contribution < -0.4 is 5.73 Å². The number of esters is 1. The summed E-state index contributed by atoms with van der Waals surface area (Å²) in [6, 6.07) is 0. The van der Waals surface area contributed by atoms with Gasteiger partial charge in [0.05, 0.1) is 29.6 Å². The number of aromatic nitrogens is 4. The van der Waals surface area contributed by atoms with Crippen molar-refractivity contribution in [3.8, 4) is 0 Å². The first kappa shape index (κ1) is 33.7. The normalized spacial score (nSPS) is 28.4. The zero-order valence-corrected chi connectivity index (χ0v) is 25.4. The van der Waals surface area contributed by atoms with Gasteiger partial charge >= 0.3 is 29.4 Å². The van der Waals surface area contributed by atoms with E-state index in [1.807, 2.05) is 0 Å². The SMILES string of the molecule is CC1(C)C=C(C(=O)O[C@@H]2[C@H](O)[C@@H](COP(=O)(O)OP(=O)(O)OP(=O)(O)O)O[C@H]2n2cnc3c(N)ncnc32)C(C)(C)N1[O]. The van der Waals surface area contributed by atoms with Gasteiger partial charge in [0.1, 0.15) is 24.1 Å². The highest BCUT2D eigenvalue weighted by molar-refractivity contribution is 7.66. The molecule has 0 bridgehead atoms. The van der Waals surface area contributed by atoms with Gasteiger partial charge in [0.2, 0.25) is 0 Å². The van der Waals surface area contributed by atoms with Crippen LogP contribution in [0.4, 0.5) is 5.82 Å². The smallest absolute Gasteiger partial charge is 0.451 e. The molecule has 1 saturated heterocycles. The molecule has 6 atom stereocenters. The first-order valence-electron chi connectivity index (χ1n) is 12.0. The predicted octanol–water partition coefficient (Wildman–Crippen LogP) is 0.0666. The Hall–Kier alpha value is -2.19. The van der Waals surface area contributed by atoms with E-state index in [0.717, 1.165) is 6.33 Å². The first-order valence-corrected chi connectivity index (χ1v) is 16.5. The first-order chi connectivity index (χ1) is 19.5. The van der Waals surface area contributed by atoms with E-state index in [1.54, 1.807) is 13.8 Å². The molecule has 2 aliphatic heterocycles. The van der Waals surface area contributed by atoms with Crippen LogP contribution in [0.25, 0.3) is 11.2 Å². The number of imidazole rings is 1. The second-order valence-electron chi connectivity index (χ2n) is 10.5. The summed E-state index contributed by atoms with van der Waals surface area (Å²) in [4.78, 5) is 61.9.